The van der Waals surface area contributed by atoms with Crippen LogP contribution in [0.5, 0.6) is 11.5 Å². The van der Waals surface area contributed by atoms with Crippen molar-refractivity contribution in [1.29, 1.82) is 0 Å². The largest absolute Gasteiger partial charge is 0.493 e. The Hall–Kier alpha value is -3.40. The highest BCUT2D eigenvalue weighted by atomic mass is 31.2. The van der Waals surface area contributed by atoms with Gasteiger partial charge in [-0.1, -0.05) is 18.2 Å². The maximum Gasteiger partial charge on any atom is 0.385 e. The lowest BCUT2D eigenvalue weighted by molar-refractivity contribution is -0.384. The summed E-state index contributed by atoms with van der Waals surface area (Å²) in [5.74, 6) is 1.72. The van der Waals surface area contributed by atoms with Crippen molar-refractivity contribution in [3.63, 3.8) is 0 Å². The summed E-state index contributed by atoms with van der Waals surface area (Å²) in [4.78, 5) is 14.9. The molecule has 1 heterocycles. The van der Waals surface area contributed by atoms with E-state index in [2.05, 4.69) is 10.3 Å². The number of nitrogens with zero attached hydrogens (tertiary/aromatic N) is 2. The van der Waals surface area contributed by atoms with Crippen molar-refractivity contribution in [1.82, 2.24) is 4.98 Å². The predicted octanol–water partition coefficient (Wildman–Crippen LogP) is 4.74. The van der Waals surface area contributed by atoms with Gasteiger partial charge in [-0.25, -0.2) is 4.98 Å². The summed E-state index contributed by atoms with van der Waals surface area (Å²) in [6, 6.07) is 11.7. The van der Waals surface area contributed by atoms with E-state index in [0.717, 1.165) is 11.1 Å². The van der Waals surface area contributed by atoms with Gasteiger partial charge < -0.3 is 28.3 Å². The van der Waals surface area contributed by atoms with Crippen LogP contribution in [0.15, 0.2) is 46.9 Å². The van der Waals surface area contributed by atoms with Gasteiger partial charge in [0.15, 0.2) is 11.5 Å². The van der Waals surface area contributed by atoms with Crippen LogP contribution in [0.3, 0.4) is 0 Å². The van der Waals surface area contributed by atoms with Gasteiger partial charge in [-0.05, 0) is 43.5 Å². The second kappa shape index (κ2) is 12.5. The number of hydrogen-bond donors (Lipinski definition) is 1. The summed E-state index contributed by atoms with van der Waals surface area (Å²) < 4.78 is 41.0. The molecule has 0 saturated heterocycles. The van der Waals surface area contributed by atoms with Crippen molar-refractivity contribution in [2.75, 3.05) is 39.3 Å². The number of anilines is 1. The normalized spacial score (nSPS) is 11.3. The molecule has 0 radical (unpaired) electrons. The molecule has 0 aliphatic rings. The van der Waals surface area contributed by atoms with Crippen molar-refractivity contribution in [2.24, 2.45) is 0 Å². The van der Waals surface area contributed by atoms with Gasteiger partial charge in [0.2, 0.25) is 17.2 Å². The second-order valence-corrected chi connectivity index (χ2v) is 9.49. The first-order chi connectivity index (χ1) is 17.3. The van der Waals surface area contributed by atoms with E-state index in [1.54, 1.807) is 40.2 Å². The number of ether oxygens (including phenoxy) is 2. The Morgan fingerprint density at radius 2 is 1.64 bits per heavy atom. The van der Waals surface area contributed by atoms with Crippen molar-refractivity contribution < 1.29 is 32.4 Å². The zero-order valence-electron chi connectivity index (χ0n) is 20.7. The quantitative estimate of drug-likeness (QED) is 0.181. The lowest BCUT2D eigenvalue weighted by Crippen LogP contribution is -2.18. The summed E-state index contributed by atoms with van der Waals surface area (Å²) >= 11 is 0. The first kappa shape index (κ1) is 27.2. The van der Waals surface area contributed by atoms with E-state index in [1.165, 1.54) is 12.1 Å². The smallest absolute Gasteiger partial charge is 0.385 e. The molecule has 12 heteroatoms. The van der Waals surface area contributed by atoms with Crippen LogP contribution < -0.4 is 20.2 Å². The number of nitrogens with one attached hydrogen (secondary N) is 1. The Kier molecular flexibility index (Phi) is 9.46. The molecule has 11 nitrogen and oxygen atoms in total. The van der Waals surface area contributed by atoms with E-state index in [4.69, 9.17) is 22.9 Å². The van der Waals surface area contributed by atoms with E-state index >= 15 is 0 Å². The first-order valence-corrected chi connectivity index (χ1v) is 12.9. The van der Waals surface area contributed by atoms with Crippen LogP contribution in [0, 0.1) is 10.1 Å². The fourth-order valence-corrected chi connectivity index (χ4v) is 5.10. The molecule has 36 heavy (non-hydrogen) atoms. The number of nitro benzene ring substituents is 1. The van der Waals surface area contributed by atoms with E-state index in [-0.39, 0.29) is 42.5 Å². The third-order valence-electron chi connectivity index (χ3n) is 5.16. The Morgan fingerprint density at radius 1 is 1.00 bits per heavy atom. The molecule has 0 aliphatic carbocycles. The average Bonchev–Trinajstić information content (AvgIpc) is 3.27. The van der Waals surface area contributed by atoms with Gasteiger partial charge in [0.05, 0.1) is 32.4 Å². The number of nitro groups is 1. The van der Waals surface area contributed by atoms with Crippen molar-refractivity contribution >= 4 is 24.6 Å². The van der Waals surface area contributed by atoms with Crippen LogP contribution in [-0.2, 0) is 26.5 Å². The maximum atomic E-state index is 13.5. The molecule has 194 valence electrons. The van der Waals surface area contributed by atoms with Crippen LogP contribution in [0.4, 0.5) is 11.6 Å². The summed E-state index contributed by atoms with van der Waals surface area (Å²) in [5, 5.41) is 14.1. The van der Waals surface area contributed by atoms with Crippen LogP contribution in [-0.4, -0.2) is 43.9 Å². The molecule has 0 amide bonds. The lowest BCUT2D eigenvalue weighted by Gasteiger charge is -2.15. The van der Waals surface area contributed by atoms with Gasteiger partial charge >= 0.3 is 7.60 Å². The zero-order valence-corrected chi connectivity index (χ0v) is 21.6. The topological polar surface area (TPSA) is 135 Å². The highest BCUT2D eigenvalue weighted by Crippen LogP contribution is 2.48. The fraction of sp³-hybridized carbons (Fsp3) is 0.375. The predicted molar refractivity (Wildman–Crippen MR) is 135 cm³/mol. The molecule has 0 spiro atoms. The van der Waals surface area contributed by atoms with Gasteiger partial charge in [-0.3, -0.25) is 14.7 Å². The molecule has 0 unspecified atom stereocenters. The van der Waals surface area contributed by atoms with E-state index < -0.39 is 12.5 Å². The van der Waals surface area contributed by atoms with Gasteiger partial charge in [-0.2, -0.15) is 0 Å². The van der Waals surface area contributed by atoms with Gasteiger partial charge in [0.1, 0.15) is 0 Å². The molecule has 0 atom stereocenters. The monoisotopic (exact) mass is 519 g/mol. The van der Waals surface area contributed by atoms with Crippen LogP contribution >= 0.6 is 7.60 Å². The standard InChI is InChI=1S/C24H30N3O8P/c1-5-33-36(30,34-6-2)24-23(25-14-13-18-9-12-20(31-3)21(15-18)32-4)35-22(26-24)16-17-7-10-19(11-8-17)27(28)29/h7-12,15,25H,5-6,13-14,16H2,1-4H3. The average molecular weight is 519 g/mol. The Labute approximate surface area is 209 Å². The number of rotatable bonds is 14. The molecule has 0 aliphatic heterocycles. The number of non-ortho nitro benzene ring substituents is 1. The molecule has 0 fully saturated rings. The minimum absolute atomic E-state index is 0.0125. The number of aromatic nitrogens is 1. The van der Waals surface area contributed by atoms with E-state index in [0.29, 0.717) is 24.5 Å². The molecule has 1 N–H and O–H groups in total. The zero-order chi connectivity index (χ0) is 26.1. The highest BCUT2D eigenvalue weighted by molar-refractivity contribution is 7.62. The minimum atomic E-state index is -3.74. The van der Waals surface area contributed by atoms with Crippen molar-refractivity contribution in [2.45, 2.75) is 26.7 Å². The number of oxazole rings is 1. The van der Waals surface area contributed by atoms with E-state index in [9.17, 15) is 14.7 Å². The number of hydrogen-bond acceptors (Lipinski definition) is 10. The number of benzene rings is 2. The Balaban J connectivity index is 1.83. The van der Waals surface area contributed by atoms with Crippen LogP contribution in [0.1, 0.15) is 30.9 Å². The SMILES string of the molecule is CCOP(=O)(OCC)c1nc(Cc2ccc([N+](=O)[O-])cc2)oc1NCCc1ccc(OC)c(OC)c1. The van der Waals surface area contributed by atoms with E-state index in [1.807, 2.05) is 18.2 Å². The third-order valence-corrected chi connectivity index (χ3v) is 7.18. The molecule has 1 aromatic heterocycles. The van der Waals surface area contributed by atoms with Crippen molar-refractivity contribution in [3.8, 4) is 11.5 Å². The minimum Gasteiger partial charge on any atom is -0.493 e. The Morgan fingerprint density at radius 3 is 2.22 bits per heavy atom. The second-order valence-electron chi connectivity index (χ2n) is 7.56. The third kappa shape index (κ3) is 6.63. The van der Waals surface area contributed by atoms with Crippen molar-refractivity contribution in [3.05, 3.63) is 69.6 Å². The van der Waals surface area contributed by atoms with Gasteiger partial charge in [0, 0.05) is 25.1 Å². The molecule has 2 aromatic carbocycles. The first-order valence-electron chi connectivity index (χ1n) is 11.4. The van der Waals surface area contributed by atoms with Gasteiger partial charge in [-0.15, -0.1) is 0 Å². The maximum absolute atomic E-state index is 13.5. The highest BCUT2D eigenvalue weighted by Gasteiger charge is 2.35. The molecule has 0 saturated carbocycles. The molecule has 0 bridgehead atoms. The number of methoxy groups -OCH3 is 2. The van der Waals surface area contributed by atoms with Crippen LogP contribution in [0.25, 0.3) is 0 Å². The molecular weight excluding hydrogens is 489 g/mol. The summed E-state index contributed by atoms with van der Waals surface area (Å²) in [7, 11) is -0.590. The summed E-state index contributed by atoms with van der Waals surface area (Å²) in [6.45, 7) is 4.19. The van der Waals surface area contributed by atoms with Gasteiger partial charge in [0.25, 0.3) is 5.69 Å². The molecule has 3 rings (SSSR count). The lowest BCUT2D eigenvalue weighted by atomic mass is 10.1. The summed E-state index contributed by atoms with van der Waals surface area (Å²) in [6.07, 6.45) is 0.840. The Bertz CT molecular complexity index is 1200. The molecule has 3 aromatic rings. The fourth-order valence-electron chi connectivity index (χ4n) is 3.50. The molecular formula is C24H30N3O8P. The summed E-state index contributed by atoms with van der Waals surface area (Å²) in [5.41, 5.74) is 1.79. The van der Waals surface area contributed by atoms with Crippen LogP contribution in [0.2, 0.25) is 0 Å².